The maximum Gasteiger partial charge on any atom is 0.0681 e. The molecule has 116 valence electrons. The van der Waals surface area contributed by atoms with E-state index in [4.69, 9.17) is 5.11 Å². The molecule has 21 heavy (non-hydrogen) atoms. The summed E-state index contributed by atoms with van der Waals surface area (Å²) in [6, 6.07) is 8.33. The minimum atomic E-state index is 0.136. The Hall–Kier alpha value is -1.08. The SMILES string of the molecule is OCc1ccc(C=C2CCCCCCCCCCC2)cc1. The second-order valence-corrected chi connectivity index (χ2v) is 6.38. The topological polar surface area (TPSA) is 20.2 Å². The molecule has 1 heteroatoms. The van der Waals surface area contributed by atoms with Crippen molar-refractivity contribution in [3.8, 4) is 0 Å². The maximum absolute atomic E-state index is 9.11. The van der Waals surface area contributed by atoms with E-state index in [1.54, 1.807) is 5.57 Å². The highest BCUT2D eigenvalue weighted by Gasteiger charge is 2.02. The first-order chi connectivity index (χ1) is 10.4. The molecule has 0 aliphatic heterocycles. The highest BCUT2D eigenvalue weighted by molar-refractivity contribution is 5.53. The zero-order valence-electron chi connectivity index (χ0n) is 13.3. The lowest BCUT2D eigenvalue weighted by atomic mass is 9.96. The molecule has 2 rings (SSSR count). The zero-order chi connectivity index (χ0) is 14.8. The van der Waals surface area contributed by atoms with E-state index in [1.165, 1.54) is 76.2 Å². The fraction of sp³-hybridized carbons (Fsp3) is 0.600. The Balaban J connectivity index is 1.96. The van der Waals surface area contributed by atoms with Crippen molar-refractivity contribution >= 4 is 6.08 Å². The van der Waals surface area contributed by atoms with E-state index in [9.17, 15) is 0 Å². The minimum Gasteiger partial charge on any atom is -0.392 e. The zero-order valence-corrected chi connectivity index (χ0v) is 13.3. The predicted molar refractivity (Wildman–Crippen MR) is 91.1 cm³/mol. The Bertz CT molecular complexity index is 402. The van der Waals surface area contributed by atoms with Gasteiger partial charge in [-0.3, -0.25) is 0 Å². The number of hydrogen-bond acceptors (Lipinski definition) is 1. The first-order valence-electron chi connectivity index (χ1n) is 8.78. The molecule has 1 fully saturated rings. The summed E-state index contributed by atoms with van der Waals surface area (Å²) in [7, 11) is 0. The van der Waals surface area contributed by atoms with Crippen LogP contribution in [0.3, 0.4) is 0 Å². The molecule has 1 saturated carbocycles. The molecule has 0 atom stereocenters. The third kappa shape index (κ3) is 6.48. The minimum absolute atomic E-state index is 0.136. The number of hydrogen-bond donors (Lipinski definition) is 1. The Morgan fingerprint density at radius 1 is 0.714 bits per heavy atom. The van der Waals surface area contributed by atoms with E-state index in [0.717, 1.165) is 5.56 Å². The third-order valence-electron chi connectivity index (χ3n) is 4.53. The summed E-state index contributed by atoms with van der Waals surface area (Å²) < 4.78 is 0. The quantitative estimate of drug-likeness (QED) is 0.721. The van der Waals surface area contributed by atoms with Crippen molar-refractivity contribution in [2.24, 2.45) is 0 Å². The van der Waals surface area contributed by atoms with Gasteiger partial charge >= 0.3 is 0 Å². The summed E-state index contributed by atoms with van der Waals surface area (Å²) in [5.74, 6) is 0. The maximum atomic E-state index is 9.11. The number of allylic oxidation sites excluding steroid dienone is 1. The molecule has 0 heterocycles. The molecule has 0 amide bonds. The standard InChI is InChI=1S/C20H30O/c21-17-20-14-12-19(13-15-20)16-18-10-8-6-4-2-1-3-5-7-9-11-18/h12-16,21H,1-11,17H2. The van der Waals surface area contributed by atoms with Crippen LogP contribution in [-0.2, 0) is 6.61 Å². The number of aliphatic hydroxyl groups is 1. The second-order valence-electron chi connectivity index (χ2n) is 6.38. The summed E-state index contributed by atoms with van der Waals surface area (Å²) in [4.78, 5) is 0. The van der Waals surface area contributed by atoms with Crippen LogP contribution in [0.4, 0.5) is 0 Å². The van der Waals surface area contributed by atoms with Crippen LogP contribution >= 0.6 is 0 Å². The van der Waals surface area contributed by atoms with Gasteiger partial charge in [0.2, 0.25) is 0 Å². The second kappa shape index (κ2) is 9.78. The summed E-state index contributed by atoms with van der Waals surface area (Å²) in [5, 5.41) is 9.11. The molecule has 1 aliphatic carbocycles. The largest absolute Gasteiger partial charge is 0.392 e. The van der Waals surface area contributed by atoms with E-state index in [0.29, 0.717) is 0 Å². The first-order valence-corrected chi connectivity index (χ1v) is 8.78. The summed E-state index contributed by atoms with van der Waals surface area (Å²) in [5.41, 5.74) is 3.90. The van der Waals surface area contributed by atoms with Gasteiger partial charge < -0.3 is 5.11 Å². The average Bonchev–Trinajstić information content (AvgIpc) is 2.51. The molecule has 0 spiro atoms. The van der Waals surface area contributed by atoms with Crippen LogP contribution in [0.15, 0.2) is 29.8 Å². The molecule has 1 N–H and O–H groups in total. The van der Waals surface area contributed by atoms with Gasteiger partial charge in [0.15, 0.2) is 0 Å². The highest BCUT2D eigenvalue weighted by Crippen LogP contribution is 2.22. The van der Waals surface area contributed by atoms with Gasteiger partial charge in [-0.25, -0.2) is 0 Å². The van der Waals surface area contributed by atoms with Gasteiger partial charge in [-0.15, -0.1) is 0 Å². The fourth-order valence-electron chi connectivity index (χ4n) is 3.17. The van der Waals surface area contributed by atoms with Crippen LogP contribution in [0.5, 0.6) is 0 Å². The normalized spacial score (nSPS) is 18.6. The van der Waals surface area contributed by atoms with Crippen LogP contribution in [0.2, 0.25) is 0 Å². The van der Waals surface area contributed by atoms with Crippen LogP contribution in [0, 0.1) is 0 Å². The van der Waals surface area contributed by atoms with E-state index in [2.05, 4.69) is 18.2 Å². The van der Waals surface area contributed by atoms with Gasteiger partial charge in [-0.05, 0) is 36.8 Å². The number of benzene rings is 1. The van der Waals surface area contributed by atoms with Gasteiger partial charge in [0.25, 0.3) is 0 Å². The molecular weight excluding hydrogens is 256 g/mol. The van der Waals surface area contributed by atoms with Gasteiger partial charge in [0, 0.05) is 0 Å². The van der Waals surface area contributed by atoms with Gasteiger partial charge in [0.05, 0.1) is 6.61 Å². The van der Waals surface area contributed by atoms with Crippen LogP contribution in [0.1, 0.15) is 81.8 Å². The lowest BCUT2D eigenvalue weighted by Crippen LogP contribution is -1.90. The van der Waals surface area contributed by atoms with Crippen LogP contribution < -0.4 is 0 Å². The Kier molecular flexibility index (Phi) is 7.59. The predicted octanol–water partition coefficient (Wildman–Crippen LogP) is 5.87. The van der Waals surface area contributed by atoms with Crippen molar-refractivity contribution in [3.05, 3.63) is 41.0 Å². The lowest BCUT2D eigenvalue weighted by molar-refractivity contribution is 0.282. The summed E-state index contributed by atoms with van der Waals surface area (Å²) in [6.07, 6.45) is 17.5. The Labute approximate surface area is 130 Å². The highest BCUT2D eigenvalue weighted by atomic mass is 16.3. The van der Waals surface area contributed by atoms with Gasteiger partial charge in [0.1, 0.15) is 0 Å². The summed E-state index contributed by atoms with van der Waals surface area (Å²) in [6.45, 7) is 0.136. The smallest absolute Gasteiger partial charge is 0.0681 e. The Morgan fingerprint density at radius 2 is 1.19 bits per heavy atom. The van der Waals surface area contributed by atoms with Crippen molar-refractivity contribution < 1.29 is 5.11 Å². The van der Waals surface area contributed by atoms with Crippen LogP contribution in [-0.4, -0.2) is 5.11 Å². The molecule has 1 nitrogen and oxygen atoms in total. The van der Waals surface area contributed by atoms with Gasteiger partial charge in [-0.1, -0.05) is 80.9 Å². The summed E-state index contributed by atoms with van der Waals surface area (Å²) >= 11 is 0. The molecule has 1 aromatic carbocycles. The fourth-order valence-corrected chi connectivity index (χ4v) is 3.17. The molecule has 0 unspecified atom stereocenters. The number of aliphatic hydroxyl groups excluding tert-OH is 1. The van der Waals surface area contributed by atoms with Crippen molar-refractivity contribution in [1.29, 1.82) is 0 Å². The van der Waals surface area contributed by atoms with Crippen molar-refractivity contribution in [2.75, 3.05) is 0 Å². The number of rotatable bonds is 2. The molecular formula is C20H30O. The van der Waals surface area contributed by atoms with Crippen LogP contribution in [0.25, 0.3) is 6.08 Å². The van der Waals surface area contributed by atoms with E-state index in [1.807, 2.05) is 12.1 Å². The molecule has 0 bridgehead atoms. The molecule has 1 aromatic rings. The molecule has 0 aromatic heterocycles. The molecule has 0 saturated heterocycles. The average molecular weight is 286 g/mol. The molecule has 0 radical (unpaired) electrons. The first kappa shape index (κ1) is 16.3. The van der Waals surface area contributed by atoms with Crippen molar-refractivity contribution in [2.45, 2.75) is 77.2 Å². The van der Waals surface area contributed by atoms with Crippen molar-refractivity contribution in [3.63, 3.8) is 0 Å². The lowest BCUT2D eigenvalue weighted by Gasteiger charge is -2.10. The van der Waals surface area contributed by atoms with E-state index in [-0.39, 0.29) is 6.61 Å². The third-order valence-corrected chi connectivity index (χ3v) is 4.53. The van der Waals surface area contributed by atoms with Gasteiger partial charge in [-0.2, -0.15) is 0 Å². The Morgan fingerprint density at radius 3 is 1.67 bits per heavy atom. The monoisotopic (exact) mass is 286 g/mol. The van der Waals surface area contributed by atoms with Crippen molar-refractivity contribution in [1.82, 2.24) is 0 Å². The van der Waals surface area contributed by atoms with E-state index < -0.39 is 0 Å². The van der Waals surface area contributed by atoms with E-state index >= 15 is 0 Å². The molecule has 1 aliphatic rings.